The summed E-state index contributed by atoms with van der Waals surface area (Å²) in [6.45, 7) is 6.72. The van der Waals surface area contributed by atoms with Gasteiger partial charge in [-0.1, -0.05) is 36.7 Å². The first-order valence-electron chi connectivity index (χ1n) is 9.44. The lowest BCUT2D eigenvalue weighted by molar-refractivity contribution is -0.127. The highest BCUT2D eigenvalue weighted by atomic mass is 35.5. The molecule has 0 saturated heterocycles. The van der Waals surface area contributed by atoms with Crippen LogP contribution in [0.5, 0.6) is 5.75 Å². The number of anilines is 2. The lowest BCUT2D eigenvalue weighted by atomic mass is 9.93. The molecular weight excluding hydrogens is 376 g/mol. The minimum Gasteiger partial charge on any atom is -0.490 e. The van der Waals surface area contributed by atoms with E-state index in [1.807, 2.05) is 45.0 Å². The molecule has 0 saturated carbocycles. The van der Waals surface area contributed by atoms with E-state index >= 15 is 0 Å². The van der Waals surface area contributed by atoms with E-state index in [9.17, 15) is 9.59 Å². The molecular formula is C22H25ClN2O3. The SMILES string of the molecule is CCCN1C(=O)C(C)(C)COc2cc(NC(=O)Cc3ccccc3Cl)ccc21. The van der Waals surface area contributed by atoms with Gasteiger partial charge in [0.1, 0.15) is 12.4 Å². The normalized spacial score (nSPS) is 15.4. The molecule has 3 rings (SSSR count). The maximum absolute atomic E-state index is 12.9. The Morgan fingerprint density at radius 2 is 2.00 bits per heavy atom. The van der Waals surface area contributed by atoms with Crippen LogP contribution in [-0.4, -0.2) is 25.0 Å². The molecule has 148 valence electrons. The van der Waals surface area contributed by atoms with Gasteiger partial charge in [0.05, 0.1) is 17.5 Å². The Morgan fingerprint density at radius 1 is 1.25 bits per heavy atom. The van der Waals surface area contributed by atoms with Crippen molar-refractivity contribution in [2.75, 3.05) is 23.4 Å². The van der Waals surface area contributed by atoms with Crippen LogP contribution in [0.1, 0.15) is 32.8 Å². The van der Waals surface area contributed by atoms with E-state index in [4.69, 9.17) is 16.3 Å². The fourth-order valence-electron chi connectivity index (χ4n) is 3.19. The van der Waals surface area contributed by atoms with Crippen LogP contribution in [-0.2, 0) is 16.0 Å². The van der Waals surface area contributed by atoms with Crippen LogP contribution in [0, 0.1) is 5.41 Å². The molecule has 0 fully saturated rings. The van der Waals surface area contributed by atoms with E-state index in [0.717, 1.165) is 17.7 Å². The molecule has 1 N–H and O–H groups in total. The average molecular weight is 401 g/mol. The summed E-state index contributed by atoms with van der Waals surface area (Å²) in [6, 6.07) is 12.7. The van der Waals surface area contributed by atoms with E-state index in [0.29, 0.717) is 23.0 Å². The molecule has 28 heavy (non-hydrogen) atoms. The zero-order valence-electron chi connectivity index (χ0n) is 16.4. The van der Waals surface area contributed by atoms with Gasteiger partial charge in [-0.2, -0.15) is 0 Å². The second kappa shape index (κ2) is 8.23. The van der Waals surface area contributed by atoms with Crippen molar-refractivity contribution >= 4 is 34.8 Å². The smallest absolute Gasteiger partial charge is 0.236 e. The summed E-state index contributed by atoms with van der Waals surface area (Å²) >= 11 is 6.13. The maximum Gasteiger partial charge on any atom is 0.236 e. The van der Waals surface area contributed by atoms with Crippen molar-refractivity contribution in [3.8, 4) is 5.75 Å². The molecule has 2 amide bonds. The van der Waals surface area contributed by atoms with Gasteiger partial charge in [-0.15, -0.1) is 0 Å². The second-order valence-electron chi connectivity index (χ2n) is 7.63. The Labute approximate surface area is 170 Å². The fourth-order valence-corrected chi connectivity index (χ4v) is 3.39. The Morgan fingerprint density at radius 3 is 2.71 bits per heavy atom. The van der Waals surface area contributed by atoms with E-state index in [1.165, 1.54) is 0 Å². The van der Waals surface area contributed by atoms with Gasteiger partial charge in [0.2, 0.25) is 11.8 Å². The zero-order chi connectivity index (χ0) is 20.3. The summed E-state index contributed by atoms with van der Waals surface area (Å²) in [5.74, 6) is 0.481. The highest BCUT2D eigenvalue weighted by Gasteiger charge is 2.37. The van der Waals surface area contributed by atoms with Crippen LogP contribution in [0.2, 0.25) is 5.02 Å². The van der Waals surface area contributed by atoms with Gasteiger partial charge in [0.25, 0.3) is 0 Å². The molecule has 1 aliphatic heterocycles. The largest absolute Gasteiger partial charge is 0.490 e. The molecule has 1 aliphatic rings. The summed E-state index contributed by atoms with van der Waals surface area (Å²) in [4.78, 5) is 27.1. The maximum atomic E-state index is 12.9. The standard InChI is InChI=1S/C22H25ClN2O3/c1-4-11-25-18-10-9-16(13-19(18)28-14-22(2,3)21(25)27)24-20(26)12-15-7-5-6-8-17(15)23/h5-10,13H,4,11-12,14H2,1-3H3,(H,24,26). The Bertz CT molecular complexity index is 895. The van der Waals surface area contributed by atoms with Crippen molar-refractivity contribution in [2.24, 2.45) is 5.41 Å². The van der Waals surface area contributed by atoms with E-state index in [2.05, 4.69) is 5.32 Å². The molecule has 0 radical (unpaired) electrons. The number of halogens is 1. The topological polar surface area (TPSA) is 58.6 Å². The molecule has 0 aromatic heterocycles. The minimum atomic E-state index is -0.609. The zero-order valence-corrected chi connectivity index (χ0v) is 17.2. The van der Waals surface area contributed by atoms with E-state index < -0.39 is 5.41 Å². The first kappa shape index (κ1) is 20.2. The van der Waals surface area contributed by atoms with Gasteiger partial charge < -0.3 is 15.0 Å². The number of ether oxygens (including phenoxy) is 1. The molecule has 1 heterocycles. The van der Waals surface area contributed by atoms with Crippen molar-refractivity contribution in [1.29, 1.82) is 0 Å². The lowest BCUT2D eigenvalue weighted by Gasteiger charge is -2.27. The molecule has 2 aromatic rings. The summed E-state index contributed by atoms with van der Waals surface area (Å²) in [5.41, 5.74) is 1.52. The number of carbonyl (C=O) groups is 2. The van der Waals surface area contributed by atoms with Crippen LogP contribution in [0.4, 0.5) is 11.4 Å². The Kier molecular flexibility index (Phi) is 5.94. The van der Waals surface area contributed by atoms with Gasteiger partial charge >= 0.3 is 0 Å². The van der Waals surface area contributed by atoms with Crippen molar-refractivity contribution in [1.82, 2.24) is 0 Å². The monoisotopic (exact) mass is 400 g/mol. The molecule has 0 bridgehead atoms. The van der Waals surface area contributed by atoms with Crippen LogP contribution in [0.15, 0.2) is 42.5 Å². The van der Waals surface area contributed by atoms with Crippen LogP contribution < -0.4 is 15.0 Å². The average Bonchev–Trinajstić information content (AvgIpc) is 2.74. The fraction of sp³-hybridized carbons (Fsp3) is 0.364. The summed E-state index contributed by atoms with van der Waals surface area (Å²) in [5, 5.41) is 3.45. The van der Waals surface area contributed by atoms with Crippen LogP contribution in [0.3, 0.4) is 0 Å². The molecule has 0 spiro atoms. The van der Waals surface area contributed by atoms with Crippen LogP contribution in [0.25, 0.3) is 0 Å². The predicted molar refractivity (Wildman–Crippen MR) is 112 cm³/mol. The third-order valence-corrected chi connectivity index (χ3v) is 5.07. The quantitative estimate of drug-likeness (QED) is 0.792. The van der Waals surface area contributed by atoms with Crippen molar-refractivity contribution in [3.05, 3.63) is 53.1 Å². The summed E-state index contributed by atoms with van der Waals surface area (Å²) < 4.78 is 5.94. The highest BCUT2D eigenvalue weighted by Crippen LogP contribution is 2.38. The number of fused-ring (bicyclic) bond motifs is 1. The summed E-state index contributed by atoms with van der Waals surface area (Å²) in [6.07, 6.45) is 1.03. The van der Waals surface area contributed by atoms with Gasteiger partial charge in [-0.3, -0.25) is 9.59 Å². The number of carbonyl (C=O) groups excluding carboxylic acids is 2. The molecule has 2 aromatic carbocycles. The minimum absolute atomic E-state index is 0.0450. The second-order valence-corrected chi connectivity index (χ2v) is 8.04. The highest BCUT2D eigenvalue weighted by molar-refractivity contribution is 6.31. The van der Waals surface area contributed by atoms with E-state index in [-0.39, 0.29) is 24.8 Å². The number of nitrogens with one attached hydrogen (secondary N) is 1. The predicted octanol–water partition coefficient (Wildman–Crippen LogP) is 4.68. The van der Waals surface area contributed by atoms with Crippen LogP contribution >= 0.6 is 11.6 Å². The Hall–Kier alpha value is -2.53. The number of amides is 2. The van der Waals surface area contributed by atoms with Gasteiger partial charge in [-0.25, -0.2) is 0 Å². The number of nitrogens with zero attached hydrogens (tertiary/aromatic N) is 1. The number of hydrogen-bond donors (Lipinski definition) is 1. The van der Waals surface area contributed by atoms with Gasteiger partial charge in [0.15, 0.2) is 0 Å². The number of rotatable bonds is 5. The van der Waals surface area contributed by atoms with Crippen molar-refractivity contribution in [2.45, 2.75) is 33.6 Å². The first-order valence-corrected chi connectivity index (χ1v) is 9.81. The Balaban J connectivity index is 1.81. The molecule has 5 nitrogen and oxygen atoms in total. The van der Waals surface area contributed by atoms with Gasteiger partial charge in [0, 0.05) is 23.3 Å². The first-order chi connectivity index (χ1) is 13.3. The molecule has 6 heteroatoms. The van der Waals surface area contributed by atoms with E-state index in [1.54, 1.807) is 23.1 Å². The molecule has 0 unspecified atom stereocenters. The number of benzene rings is 2. The number of hydrogen-bond acceptors (Lipinski definition) is 3. The lowest BCUT2D eigenvalue weighted by Crippen LogP contribution is -2.42. The third-order valence-electron chi connectivity index (χ3n) is 4.70. The van der Waals surface area contributed by atoms with Crippen molar-refractivity contribution in [3.63, 3.8) is 0 Å². The molecule has 0 aliphatic carbocycles. The van der Waals surface area contributed by atoms with Crippen molar-refractivity contribution < 1.29 is 14.3 Å². The summed E-state index contributed by atoms with van der Waals surface area (Å²) in [7, 11) is 0. The third kappa shape index (κ3) is 4.30. The van der Waals surface area contributed by atoms with Gasteiger partial charge in [-0.05, 0) is 44.0 Å². The molecule has 0 atom stereocenters.